The summed E-state index contributed by atoms with van der Waals surface area (Å²) in [6.45, 7) is 0. The molecule has 0 radical (unpaired) electrons. The van der Waals surface area contributed by atoms with Gasteiger partial charge < -0.3 is 0 Å². The van der Waals surface area contributed by atoms with Gasteiger partial charge in [-0.15, -0.1) is 0 Å². The van der Waals surface area contributed by atoms with E-state index in [2.05, 4.69) is 21.4 Å². The van der Waals surface area contributed by atoms with Gasteiger partial charge in [0.15, 0.2) is 6.10 Å². The molecule has 4 rings (SSSR count). The van der Waals surface area contributed by atoms with Crippen molar-refractivity contribution in [3.63, 3.8) is 0 Å². The summed E-state index contributed by atoms with van der Waals surface area (Å²) in [5, 5.41) is 0. The Morgan fingerprint density at radius 1 is 1.12 bits per heavy atom. The van der Waals surface area contributed by atoms with Crippen molar-refractivity contribution >= 4 is 39.1 Å². The molecule has 7 heteroatoms. The van der Waals surface area contributed by atoms with E-state index in [0.29, 0.717) is 5.70 Å². The molecule has 2 aliphatic rings. The Bertz CT molecular complexity index is 895. The number of hydrogen-bond acceptors (Lipinski definition) is 4. The summed E-state index contributed by atoms with van der Waals surface area (Å²) in [6, 6.07) is 12.6. The van der Waals surface area contributed by atoms with Crippen molar-refractivity contribution < 1.29 is 18.8 Å². The van der Waals surface area contributed by atoms with Crippen molar-refractivity contribution in [1.82, 2.24) is 5.48 Å². The SMILES string of the molecule is O=C1C2=C(c3ccc(Br)cc3)NO[C@H]2C(=O)N1c1cccc(F)c1. The van der Waals surface area contributed by atoms with Gasteiger partial charge in [-0.1, -0.05) is 34.1 Å². The smallest absolute Gasteiger partial charge is 0.270 e. The van der Waals surface area contributed by atoms with Crippen LogP contribution in [0.4, 0.5) is 10.1 Å². The molecule has 2 heterocycles. The van der Waals surface area contributed by atoms with Gasteiger partial charge in [0, 0.05) is 10.0 Å². The first-order valence-electron chi connectivity index (χ1n) is 7.12. The molecule has 1 fully saturated rings. The van der Waals surface area contributed by atoms with Crippen LogP contribution in [0.15, 0.2) is 58.6 Å². The standard InChI is InChI=1S/C17H10BrFN2O3/c18-10-6-4-9(5-7-10)14-13-15(24-20-14)17(23)21(16(13)22)12-3-1-2-11(19)8-12/h1-8,15,20H/t15-/m1/s1. The lowest BCUT2D eigenvalue weighted by Crippen LogP contribution is -2.34. The third-order valence-electron chi connectivity index (χ3n) is 3.89. The maximum absolute atomic E-state index is 13.4. The Hall–Kier alpha value is -2.51. The number of hydrogen-bond donors (Lipinski definition) is 1. The van der Waals surface area contributed by atoms with Crippen molar-refractivity contribution in [3.8, 4) is 0 Å². The third-order valence-corrected chi connectivity index (χ3v) is 4.42. The second-order valence-electron chi connectivity index (χ2n) is 5.35. The molecule has 1 N–H and O–H groups in total. The molecule has 24 heavy (non-hydrogen) atoms. The number of carbonyl (C=O) groups excluding carboxylic acids is 2. The monoisotopic (exact) mass is 388 g/mol. The van der Waals surface area contributed by atoms with E-state index in [1.54, 1.807) is 12.1 Å². The number of fused-ring (bicyclic) bond motifs is 1. The van der Waals surface area contributed by atoms with E-state index in [-0.39, 0.29) is 11.3 Å². The zero-order valence-corrected chi connectivity index (χ0v) is 13.7. The molecule has 2 aliphatic heterocycles. The van der Waals surface area contributed by atoms with E-state index < -0.39 is 23.7 Å². The van der Waals surface area contributed by atoms with Crippen LogP contribution in [0.2, 0.25) is 0 Å². The van der Waals surface area contributed by atoms with Crippen LogP contribution in [0.5, 0.6) is 0 Å². The first-order chi connectivity index (χ1) is 11.6. The number of halogens is 2. The second kappa shape index (κ2) is 5.54. The maximum atomic E-state index is 13.4. The highest BCUT2D eigenvalue weighted by Gasteiger charge is 2.50. The molecule has 0 aromatic heterocycles. The number of nitrogens with one attached hydrogen (secondary N) is 1. The molecule has 5 nitrogen and oxygen atoms in total. The molecular formula is C17H10BrFN2O3. The van der Waals surface area contributed by atoms with Crippen molar-refractivity contribution in [1.29, 1.82) is 0 Å². The topological polar surface area (TPSA) is 58.6 Å². The fourth-order valence-electron chi connectivity index (χ4n) is 2.78. The summed E-state index contributed by atoms with van der Waals surface area (Å²) in [7, 11) is 0. The average molecular weight is 389 g/mol. The van der Waals surface area contributed by atoms with Crippen LogP contribution in [0.3, 0.4) is 0 Å². The summed E-state index contributed by atoms with van der Waals surface area (Å²) < 4.78 is 14.3. The summed E-state index contributed by atoms with van der Waals surface area (Å²) in [5.74, 6) is -1.58. The number of amides is 2. The third kappa shape index (κ3) is 2.24. The van der Waals surface area contributed by atoms with Crippen LogP contribution in [-0.4, -0.2) is 17.9 Å². The zero-order valence-electron chi connectivity index (χ0n) is 12.1. The minimum absolute atomic E-state index is 0.186. The lowest BCUT2D eigenvalue weighted by atomic mass is 10.1. The lowest BCUT2D eigenvalue weighted by Gasteiger charge is -2.15. The van der Waals surface area contributed by atoms with Crippen LogP contribution >= 0.6 is 15.9 Å². The molecule has 1 atom stereocenters. The van der Waals surface area contributed by atoms with Gasteiger partial charge in [-0.25, -0.2) is 9.29 Å². The van der Waals surface area contributed by atoms with Gasteiger partial charge >= 0.3 is 0 Å². The molecule has 0 unspecified atom stereocenters. The van der Waals surface area contributed by atoms with Gasteiger partial charge in [-0.05, 0) is 30.3 Å². The predicted octanol–water partition coefficient (Wildman–Crippen LogP) is 2.78. The van der Waals surface area contributed by atoms with Gasteiger partial charge in [0.25, 0.3) is 11.8 Å². The van der Waals surface area contributed by atoms with Gasteiger partial charge in [-0.2, -0.15) is 0 Å². The van der Waals surface area contributed by atoms with Gasteiger partial charge in [-0.3, -0.25) is 19.9 Å². The molecule has 2 amide bonds. The van der Waals surface area contributed by atoms with Crippen LogP contribution in [-0.2, 0) is 14.4 Å². The minimum Gasteiger partial charge on any atom is -0.270 e. The fraction of sp³-hybridized carbons (Fsp3) is 0.0588. The van der Waals surface area contributed by atoms with Crippen molar-refractivity contribution in [2.75, 3.05) is 4.90 Å². The Kier molecular flexibility index (Phi) is 3.47. The largest absolute Gasteiger partial charge is 0.270 e. The van der Waals surface area contributed by atoms with E-state index in [1.807, 2.05) is 12.1 Å². The molecule has 1 saturated heterocycles. The van der Waals surface area contributed by atoms with Crippen molar-refractivity contribution in [3.05, 3.63) is 70.0 Å². The zero-order chi connectivity index (χ0) is 16.8. The fourth-order valence-corrected chi connectivity index (χ4v) is 3.05. The van der Waals surface area contributed by atoms with Crippen molar-refractivity contribution in [2.45, 2.75) is 6.10 Å². The predicted molar refractivity (Wildman–Crippen MR) is 88.0 cm³/mol. The normalized spacial score (nSPS) is 19.8. The summed E-state index contributed by atoms with van der Waals surface area (Å²) in [6.07, 6.45) is -1.03. The van der Waals surface area contributed by atoms with Gasteiger partial charge in [0.05, 0.1) is 17.0 Å². The number of rotatable bonds is 2. The van der Waals surface area contributed by atoms with E-state index in [0.717, 1.165) is 21.0 Å². The molecular weight excluding hydrogens is 379 g/mol. The molecule has 0 spiro atoms. The number of carbonyl (C=O) groups is 2. The van der Waals surface area contributed by atoms with Crippen LogP contribution in [0.1, 0.15) is 5.56 Å². The van der Waals surface area contributed by atoms with Crippen LogP contribution in [0, 0.1) is 5.82 Å². The second-order valence-corrected chi connectivity index (χ2v) is 6.27. The number of hydroxylamine groups is 1. The minimum atomic E-state index is -1.03. The maximum Gasteiger partial charge on any atom is 0.270 e. The lowest BCUT2D eigenvalue weighted by molar-refractivity contribution is -0.127. The quantitative estimate of drug-likeness (QED) is 0.803. The first-order valence-corrected chi connectivity index (χ1v) is 7.91. The first kappa shape index (κ1) is 15.0. The van der Waals surface area contributed by atoms with Gasteiger partial charge in [0.1, 0.15) is 5.82 Å². The molecule has 2 aromatic carbocycles. The summed E-state index contributed by atoms with van der Waals surface area (Å²) >= 11 is 3.35. The van der Waals surface area contributed by atoms with Crippen LogP contribution < -0.4 is 10.4 Å². The molecule has 120 valence electrons. The Labute approximate surface area is 144 Å². The van der Waals surface area contributed by atoms with Crippen LogP contribution in [0.25, 0.3) is 5.70 Å². The summed E-state index contributed by atoms with van der Waals surface area (Å²) in [5.41, 5.74) is 4.24. The van der Waals surface area contributed by atoms with Gasteiger partial charge in [0.2, 0.25) is 0 Å². The molecule has 2 aromatic rings. The van der Waals surface area contributed by atoms with E-state index in [4.69, 9.17) is 4.84 Å². The highest BCUT2D eigenvalue weighted by atomic mass is 79.9. The highest BCUT2D eigenvalue weighted by Crippen LogP contribution is 2.36. The Morgan fingerprint density at radius 3 is 2.58 bits per heavy atom. The van der Waals surface area contributed by atoms with Crippen molar-refractivity contribution in [2.24, 2.45) is 0 Å². The number of benzene rings is 2. The number of anilines is 1. The average Bonchev–Trinajstić information content (AvgIpc) is 3.09. The van der Waals surface area contributed by atoms with E-state index in [9.17, 15) is 14.0 Å². The van der Waals surface area contributed by atoms with E-state index >= 15 is 0 Å². The molecule has 0 bridgehead atoms. The Balaban J connectivity index is 1.79. The number of nitrogens with zero attached hydrogens (tertiary/aromatic N) is 1. The molecule has 0 aliphatic carbocycles. The Morgan fingerprint density at radius 2 is 1.88 bits per heavy atom. The highest BCUT2D eigenvalue weighted by molar-refractivity contribution is 9.10. The summed E-state index contributed by atoms with van der Waals surface area (Å²) in [4.78, 5) is 31.5. The number of imide groups is 1. The van der Waals surface area contributed by atoms with E-state index in [1.165, 1.54) is 18.2 Å². The molecule has 0 saturated carbocycles.